The molecule has 2 rings (SSSR count). The van der Waals surface area contributed by atoms with Crippen molar-refractivity contribution >= 4 is 21.8 Å². The maximum Gasteiger partial charge on any atom is 0.417 e. The Morgan fingerprint density at radius 3 is 2.47 bits per heavy atom. The highest BCUT2D eigenvalue weighted by molar-refractivity contribution is 9.10. The summed E-state index contributed by atoms with van der Waals surface area (Å²) in [6.45, 7) is 0. The summed E-state index contributed by atoms with van der Waals surface area (Å²) in [6.07, 6.45) is -1.79. The predicted octanol–water partition coefficient (Wildman–Crippen LogP) is 4.09. The third-order valence-electron chi connectivity index (χ3n) is 3.46. The Morgan fingerprint density at radius 2 is 2.00 bits per heavy atom. The van der Waals surface area contributed by atoms with E-state index >= 15 is 0 Å². The largest absolute Gasteiger partial charge is 0.417 e. The van der Waals surface area contributed by atoms with E-state index in [9.17, 15) is 18.0 Å². The smallest absolute Gasteiger partial charge is 0.339 e. The van der Waals surface area contributed by atoms with Crippen molar-refractivity contribution < 1.29 is 18.0 Å². The van der Waals surface area contributed by atoms with Crippen LogP contribution in [0.25, 0.3) is 0 Å². The van der Waals surface area contributed by atoms with Crippen LogP contribution in [0.2, 0.25) is 0 Å². The summed E-state index contributed by atoms with van der Waals surface area (Å²) in [5, 5.41) is 0. The molecule has 0 saturated heterocycles. The fourth-order valence-electron chi connectivity index (χ4n) is 2.07. The van der Waals surface area contributed by atoms with Crippen LogP contribution in [0.4, 0.5) is 13.2 Å². The maximum absolute atomic E-state index is 13.0. The van der Waals surface area contributed by atoms with Gasteiger partial charge in [0.25, 0.3) is 5.91 Å². The first kappa shape index (κ1) is 14.4. The van der Waals surface area contributed by atoms with Gasteiger partial charge >= 0.3 is 6.18 Å². The zero-order chi connectivity index (χ0) is 14.2. The molecule has 0 unspecified atom stereocenters. The van der Waals surface area contributed by atoms with E-state index in [1.807, 2.05) is 0 Å². The predicted molar refractivity (Wildman–Crippen MR) is 68.9 cm³/mol. The number of hydrogen-bond acceptors (Lipinski definition) is 1. The maximum atomic E-state index is 13.0. The molecule has 0 atom stereocenters. The van der Waals surface area contributed by atoms with Gasteiger partial charge in [0.1, 0.15) is 0 Å². The molecule has 1 aliphatic carbocycles. The van der Waals surface area contributed by atoms with E-state index in [4.69, 9.17) is 0 Å². The first-order valence-electron chi connectivity index (χ1n) is 5.94. The molecule has 6 heteroatoms. The number of nitrogens with zero attached hydrogens (tertiary/aromatic N) is 1. The van der Waals surface area contributed by atoms with Gasteiger partial charge in [0.05, 0.1) is 11.1 Å². The van der Waals surface area contributed by atoms with Crippen molar-refractivity contribution in [3.63, 3.8) is 0 Å². The Kier molecular flexibility index (Phi) is 3.90. The molecule has 104 valence electrons. The van der Waals surface area contributed by atoms with Gasteiger partial charge in [-0.3, -0.25) is 4.79 Å². The van der Waals surface area contributed by atoms with Crippen LogP contribution in [0.3, 0.4) is 0 Å². The lowest BCUT2D eigenvalue weighted by Gasteiger charge is -2.35. The van der Waals surface area contributed by atoms with Crippen molar-refractivity contribution in [3.05, 3.63) is 33.8 Å². The Bertz CT molecular complexity index is 497. The van der Waals surface area contributed by atoms with Crippen LogP contribution in [0, 0.1) is 0 Å². The average Bonchev–Trinajstić information content (AvgIpc) is 2.24. The number of carbonyl (C=O) groups excluding carboxylic acids is 1. The lowest BCUT2D eigenvalue weighted by molar-refractivity contribution is -0.138. The Balaban J connectivity index is 2.35. The Hall–Kier alpha value is -1.04. The number of amides is 1. The zero-order valence-corrected chi connectivity index (χ0v) is 11.9. The topological polar surface area (TPSA) is 20.3 Å². The summed E-state index contributed by atoms with van der Waals surface area (Å²) in [4.78, 5) is 13.6. The first-order valence-corrected chi connectivity index (χ1v) is 6.74. The minimum absolute atomic E-state index is 0.0669. The van der Waals surface area contributed by atoms with E-state index in [2.05, 4.69) is 15.9 Å². The number of halogens is 4. The summed E-state index contributed by atoms with van der Waals surface area (Å²) >= 11 is 3.00. The number of hydrogen-bond donors (Lipinski definition) is 0. The molecule has 1 saturated carbocycles. The molecule has 0 bridgehead atoms. The van der Waals surface area contributed by atoms with E-state index < -0.39 is 17.6 Å². The van der Waals surface area contributed by atoms with Crippen LogP contribution < -0.4 is 0 Å². The third-order valence-corrected chi connectivity index (χ3v) is 3.95. The first-order chi connectivity index (χ1) is 8.80. The van der Waals surface area contributed by atoms with Crippen LogP contribution in [-0.4, -0.2) is 23.9 Å². The van der Waals surface area contributed by atoms with Crippen molar-refractivity contribution in [1.29, 1.82) is 0 Å². The minimum Gasteiger partial charge on any atom is -0.339 e. The van der Waals surface area contributed by atoms with Gasteiger partial charge in [-0.1, -0.05) is 15.9 Å². The molecule has 0 radical (unpaired) electrons. The van der Waals surface area contributed by atoms with E-state index in [-0.39, 0.29) is 11.6 Å². The molecular weight excluding hydrogens is 323 g/mol. The summed E-state index contributed by atoms with van der Waals surface area (Å²) < 4.78 is 39.2. The fourth-order valence-corrected chi connectivity index (χ4v) is 2.43. The number of alkyl halides is 3. The Labute approximate surface area is 117 Å². The van der Waals surface area contributed by atoms with Crippen LogP contribution >= 0.6 is 15.9 Å². The van der Waals surface area contributed by atoms with Crippen LogP contribution in [0.5, 0.6) is 0 Å². The summed E-state index contributed by atoms with van der Waals surface area (Å²) in [6, 6.07) is 3.70. The van der Waals surface area contributed by atoms with Gasteiger partial charge in [-0.2, -0.15) is 13.2 Å². The van der Waals surface area contributed by atoms with Crippen molar-refractivity contribution in [3.8, 4) is 0 Å². The molecular formula is C13H13BrF3NO. The molecule has 2 nitrogen and oxygen atoms in total. The molecule has 1 aromatic rings. The second-order valence-corrected chi connectivity index (χ2v) is 5.60. The van der Waals surface area contributed by atoms with Gasteiger partial charge in [-0.05, 0) is 37.5 Å². The van der Waals surface area contributed by atoms with E-state index in [1.54, 1.807) is 7.05 Å². The molecule has 0 aliphatic heterocycles. The van der Waals surface area contributed by atoms with Gasteiger partial charge < -0.3 is 4.90 Å². The zero-order valence-electron chi connectivity index (χ0n) is 10.3. The Morgan fingerprint density at radius 1 is 1.37 bits per heavy atom. The average molecular weight is 336 g/mol. The second kappa shape index (κ2) is 5.15. The van der Waals surface area contributed by atoms with Crippen molar-refractivity contribution in [1.82, 2.24) is 4.90 Å². The summed E-state index contributed by atoms with van der Waals surface area (Å²) in [5.41, 5.74) is -1.18. The molecule has 1 aromatic carbocycles. The summed E-state index contributed by atoms with van der Waals surface area (Å²) in [7, 11) is 1.56. The lowest BCUT2D eigenvalue weighted by Crippen LogP contribution is -2.41. The molecule has 19 heavy (non-hydrogen) atoms. The van der Waals surface area contributed by atoms with Crippen molar-refractivity contribution in [2.24, 2.45) is 0 Å². The normalized spacial score (nSPS) is 16.1. The summed E-state index contributed by atoms with van der Waals surface area (Å²) in [5.74, 6) is -0.565. The molecule has 0 aromatic heterocycles. The van der Waals surface area contributed by atoms with Gasteiger partial charge in [0, 0.05) is 17.6 Å². The van der Waals surface area contributed by atoms with Crippen molar-refractivity contribution in [2.75, 3.05) is 7.05 Å². The van der Waals surface area contributed by atoms with Gasteiger partial charge in [-0.25, -0.2) is 0 Å². The van der Waals surface area contributed by atoms with E-state index in [1.165, 1.54) is 17.0 Å². The monoisotopic (exact) mass is 335 g/mol. The van der Waals surface area contributed by atoms with Gasteiger partial charge in [0.2, 0.25) is 0 Å². The third kappa shape index (κ3) is 2.94. The number of benzene rings is 1. The molecule has 1 amide bonds. The lowest BCUT2D eigenvalue weighted by atomic mass is 9.91. The molecule has 0 heterocycles. The van der Waals surface area contributed by atoms with E-state index in [0.29, 0.717) is 4.47 Å². The van der Waals surface area contributed by atoms with Crippen LogP contribution in [0.1, 0.15) is 35.2 Å². The van der Waals surface area contributed by atoms with Crippen LogP contribution in [-0.2, 0) is 6.18 Å². The molecule has 0 spiro atoms. The van der Waals surface area contributed by atoms with Gasteiger partial charge in [-0.15, -0.1) is 0 Å². The highest BCUT2D eigenvalue weighted by Crippen LogP contribution is 2.35. The highest BCUT2D eigenvalue weighted by atomic mass is 79.9. The number of carbonyl (C=O) groups is 1. The van der Waals surface area contributed by atoms with Gasteiger partial charge in [0.15, 0.2) is 0 Å². The molecule has 1 aliphatic rings. The minimum atomic E-state index is -4.53. The standard InChI is InChI=1S/C13H13BrF3NO/c1-18(9-3-2-4-9)12(19)10-6-5-8(14)7-11(10)13(15,16)17/h5-7,9H,2-4H2,1H3. The molecule has 1 fully saturated rings. The molecule has 0 N–H and O–H groups in total. The second-order valence-electron chi connectivity index (χ2n) is 4.69. The van der Waals surface area contributed by atoms with E-state index in [0.717, 1.165) is 25.3 Å². The quantitative estimate of drug-likeness (QED) is 0.797. The fraction of sp³-hybridized carbons (Fsp3) is 0.462. The SMILES string of the molecule is CN(C(=O)c1ccc(Br)cc1C(F)(F)F)C1CCC1. The highest BCUT2D eigenvalue weighted by Gasteiger charge is 2.37. The van der Waals surface area contributed by atoms with Crippen LogP contribution in [0.15, 0.2) is 22.7 Å². The van der Waals surface area contributed by atoms with Crippen molar-refractivity contribution in [2.45, 2.75) is 31.5 Å². The number of rotatable bonds is 2.